The van der Waals surface area contributed by atoms with E-state index >= 15 is 0 Å². The van der Waals surface area contributed by atoms with Gasteiger partial charge in [-0.15, -0.1) is 0 Å². The Morgan fingerprint density at radius 2 is 1.95 bits per heavy atom. The first-order valence-electron chi connectivity index (χ1n) is 6.66. The lowest BCUT2D eigenvalue weighted by Crippen LogP contribution is -2.13. The molecular weight excluding hydrogens is 236 g/mol. The summed E-state index contributed by atoms with van der Waals surface area (Å²) in [5.41, 5.74) is 3.77. The minimum atomic E-state index is 0.832. The molecule has 0 radical (unpaired) electrons. The van der Waals surface area contributed by atoms with Crippen molar-refractivity contribution in [2.24, 2.45) is 7.05 Å². The van der Waals surface area contributed by atoms with E-state index in [2.05, 4.69) is 46.1 Å². The topological polar surface area (TPSA) is 41.9 Å². The van der Waals surface area contributed by atoms with E-state index in [1.54, 1.807) is 0 Å². The Hall–Kier alpha value is -1.81. The number of hydrogen-bond donors (Lipinski definition) is 2. The lowest BCUT2D eigenvalue weighted by atomic mass is 10.0. The zero-order valence-electron chi connectivity index (χ0n) is 11.9. The largest absolute Gasteiger partial charge is 0.366 e. The average molecular weight is 258 g/mol. The van der Waals surface area contributed by atoms with E-state index in [-0.39, 0.29) is 0 Å². The Bertz CT molecular complexity index is 531. The molecule has 4 nitrogen and oxygen atoms in total. The number of anilines is 1. The van der Waals surface area contributed by atoms with E-state index in [1.165, 1.54) is 11.1 Å². The van der Waals surface area contributed by atoms with Gasteiger partial charge in [0.25, 0.3) is 0 Å². The van der Waals surface area contributed by atoms with Gasteiger partial charge in [0, 0.05) is 19.7 Å². The predicted octanol–water partition coefficient (Wildman–Crippen LogP) is 2.10. The molecule has 19 heavy (non-hydrogen) atoms. The molecule has 0 bridgehead atoms. The van der Waals surface area contributed by atoms with Gasteiger partial charge < -0.3 is 10.6 Å². The highest BCUT2D eigenvalue weighted by molar-refractivity contribution is 5.39. The number of hydrogen-bond acceptors (Lipinski definition) is 3. The third kappa shape index (κ3) is 3.58. The number of nitrogens with zero attached hydrogens (tertiary/aromatic N) is 2. The highest BCUT2D eigenvalue weighted by Crippen LogP contribution is 2.13. The Balaban J connectivity index is 2.04. The van der Waals surface area contributed by atoms with Gasteiger partial charge >= 0.3 is 0 Å². The Labute approximate surface area is 114 Å². The minimum absolute atomic E-state index is 0.832. The van der Waals surface area contributed by atoms with Gasteiger partial charge in [0.1, 0.15) is 5.82 Å². The van der Waals surface area contributed by atoms with Gasteiger partial charge in [0.05, 0.1) is 5.69 Å². The number of rotatable bonds is 6. The number of benzene rings is 1. The molecule has 0 unspecified atom stereocenters. The first kappa shape index (κ1) is 13.6. The summed E-state index contributed by atoms with van der Waals surface area (Å²) in [6, 6.07) is 10.6. The molecule has 2 aromatic rings. The monoisotopic (exact) mass is 258 g/mol. The summed E-state index contributed by atoms with van der Waals surface area (Å²) < 4.78 is 1.88. The summed E-state index contributed by atoms with van der Waals surface area (Å²) >= 11 is 0. The summed E-state index contributed by atoms with van der Waals surface area (Å²) in [6.07, 6.45) is 1.05. The van der Waals surface area contributed by atoms with Crippen LogP contribution in [0.15, 0.2) is 30.3 Å². The number of likely N-dealkylation sites (N-methyl/N-ethyl adjacent to an activating group) is 1. The summed E-state index contributed by atoms with van der Waals surface area (Å²) in [5, 5.41) is 11.0. The third-order valence-corrected chi connectivity index (χ3v) is 3.22. The van der Waals surface area contributed by atoms with Crippen molar-refractivity contribution in [2.45, 2.75) is 19.9 Å². The van der Waals surface area contributed by atoms with Crippen molar-refractivity contribution in [1.82, 2.24) is 15.1 Å². The molecule has 0 aliphatic heterocycles. The van der Waals surface area contributed by atoms with Crippen LogP contribution in [0.3, 0.4) is 0 Å². The van der Waals surface area contributed by atoms with Crippen LogP contribution in [-0.4, -0.2) is 23.4 Å². The van der Waals surface area contributed by atoms with E-state index < -0.39 is 0 Å². The molecule has 0 amide bonds. The molecule has 0 fully saturated rings. The maximum absolute atomic E-state index is 4.34. The number of nitrogens with one attached hydrogen (secondary N) is 2. The summed E-state index contributed by atoms with van der Waals surface area (Å²) in [4.78, 5) is 0. The van der Waals surface area contributed by atoms with Crippen LogP contribution in [0, 0.1) is 6.92 Å². The third-order valence-electron chi connectivity index (χ3n) is 3.22. The first-order valence-corrected chi connectivity index (χ1v) is 6.66. The number of aryl methyl sites for hydroxylation is 2. The van der Waals surface area contributed by atoms with Crippen molar-refractivity contribution in [2.75, 3.05) is 18.9 Å². The predicted molar refractivity (Wildman–Crippen MR) is 79.3 cm³/mol. The highest BCUT2D eigenvalue weighted by atomic mass is 15.3. The fourth-order valence-corrected chi connectivity index (χ4v) is 2.20. The first-order chi connectivity index (χ1) is 9.20. The average Bonchev–Trinajstić information content (AvgIpc) is 2.73. The molecule has 1 aromatic carbocycles. The molecule has 4 heteroatoms. The van der Waals surface area contributed by atoms with Gasteiger partial charge in [0.2, 0.25) is 0 Å². The molecule has 0 saturated carbocycles. The maximum atomic E-state index is 4.34. The molecule has 0 spiro atoms. The molecule has 0 atom stereocenters. The van der Waals surface area contributed by atoms with Crippen LogP contribution in [0.2, 0.25) is 0 Å². The smallest absolute Gasteiger partial charge is 0.124 e. The molecule has 1 heterocycles. The van der Waals surface area contributed by atoms with Crippen molar-refractivity contribution >= 4 is 5.82 Å². The van der Waals surface area contributed by atoms with Crippen LogP contribution in [-0.2, 0) is 20.0 Å². The van der Waals surface area contributed by atoms with Crippen molar-refractivity contribution in [1.29, 1.82) is 0 Å². The Kier molecular flexibility index (Phi) is 4.58. The van der Waals surface area contributed by atoms with Crippen molar-refractivity contribution in [3.8, 4) is 0 Å². The van der Waals surface area contributed by atoms with Crippen molar-refractivity contribution < 1.29 is 0 Å². The van der Waals surface area contributed by atoms with Crippen molar-refractivity contribution in [3.63, 3.8) is 0 Å². The van der Waals surface area contributed by atoms with Crippen LogP contribution in [0.5, 0.6) is 0 Å². The molecule has 1 aromatic heterocycles. The SMILES string of the molecule is CNCCc1ccccc1CNc1cc(C)nn1C. The van der Waals surface area contributed by atoms with Gasteiger partial charge in [-0.05, 0) is 38.1 Å². The summed E-state index contributed by atoms with van der Waals surface area (Å²) in [7, 11) is 3.95. The molecule has 2 N–H and O–H groups in total. The van der Waals surface area contributed by atoms with Crippen LogP contribution < -0.4 is 10.6 Å². The fourth-order valence-electron chi connectivity index (χ4n) is 2.20. The quantitative estimate of drug-likeness (QED) is 0.834. The fraction of sp³-hybridized carbons (Fsp3) is 0.400. The summed E-state index contributed by atoms with van der Waals surface area (Å²) in [5.74, 6) is 1.06. The Morgan fingerprint density at radius 3 is 2.58 bits per heavy atom. The second kappa shape index (κ2) is 6.38. The zero-order chi connectivity index (χ0) is 13.7. The van der Waals surface area contributed by atoms with Crippen LogP contribution >= 0.6 is 0 Å². The molecule has 0 aliphatic rings. The highest BCUT2D eigenvalue weighted by Gasteiger charge is 2.04. The standard InChI is InChI=1S/C15H22N4/c1-12-10-15(19(3)18-12)17-11-14-7-5-4-6-13(14)8-9-16-2/h4-7,10,16-17H,8-9,11H2,1-3H3. The lowest BCUT2D eigenvalue weighted by Gasteiger charge is -2.11. The van der Waals surface area contributed by atoms with E-state index in [0.29, 0.717) is 0 Å². The van der Waals surface area contributed by atoms with Crippen LogP contribution in [0.4, 0.5) is 5.82 Å². The van der Waals surface area contributed by atoms with Gasteiger partial charge in [0.15, 0.2) is 0 Å². The van der Waals surface area contributed by atoms with Gasteiger partial charge in [-0.1, -0.05) is 24.3 Å². The van der Waals surface area contributed by atoms with Gasteiger partial charge in [-0.2, -0.15) is 5.10 Å². The second-order valence-corrected chi connectivity index (χ2v) is 4.77. The van der Waals surface area contributed by atoms with Gasteiger partial charge in [-0.25, -0.2) is 0 Å². The summed E-state index contributed by atoms with van der Waals surface area (Å²) in [6.45, 7) is 3.84. The molecule has 2 rings (SSSR count). The number of aromatic nitrogens is 2. The molecule has 0 aliphatic carbocycles. The van der Waals surface area contributed by atoms with Crippen molar-refractivity contribution in [3.05, 3.63) is 47.2 Å². The van der Waals surface area contributed by atoms with Crippen LogP contribution in [0.1, 0.15) is 16.8 Å². The van der Waals surface area contributed by atoms with E-state index in [4.69, 9.17) is 0 Å². The van der Waals surface area contributed by atoms with E-state index in [1.807, 2.05) is 25.7 Å². The second-order valence-electron chi connectivity index (χ2n) is 4.77. The maximum Gasteiger partial charge on any atom is 0.124 e. The normalized spacial score (nSPS) is 10.7. The minimum Gasteiger partial charge on any atom is -0.366 e. The van der Waals surface area contributed by atoms with E-state index in [9.17, 15) is 0 Å². The van der Waals surface area contributed by atoms with Gasteiger partial charge in [-0.3, -0.25) is 4.68 Å². The van der Waals surface area contributed by atoms with E-state index in [0.717, 1.165) is 31.0 Å². The molecule has 102 valence electrons. The molecular formula is C15H22N4. The molecule has 0 saturated heterocycles. The Morgan fingerprint density at radius 1 is 1.21 bits per heavy atom. The zero-order valence-corrected chi connectivity index (χ0v) is 11.9. The van der Waals surface area contributed by atoms with Crippen LogP contribution in [0.25, 0.3) is 0 Å². The lowest BCUT2D eigenvalue weighted by molar-refractivity contribution is 0.756.